The van der Waals surface area contributed by atoms with Gasteiger partial charge in [-0.3, -0.25) is 14.7 Å². The van der Waals surface area contributed by atoms with Gasteiger partial charge in [-0.1, -0.05) is 30.3 Å². The summed E-state index contributed by atoms with van der Waals surface area (Å²) >= 11 is 0. The van der Waals surface area contributed by atoms with Gasteiger partial charge in [0.15, 0.2) is 0 Å². The molecule has 23 heavy (non-hydrogen) atoms. The summed E-state index contributed by atoms with van der Waals surface area (Å²) in [5.74, 6) is 0. The van der Waals surface area contributed by atoms with Gasteiger partial charge in [-0.2, -0.15) is 10.2 Å². The van der Waals surface area contributed by atoms with Crippen LogP contribution >= 0.6 is 0 Å². The molecule has 3 aromatic rings. The summed E-state index contributed by atoms with van der Waals surface area (Å²) < 4.78 is 2.07. The molecule has 5 nitrogen and oxygen atoms in total. The highest BCUT2D eigenvalue weighted by Crippen LogP contribution is 2.13. The summed E-state index contributed by atoms with van der Waals surface area (Å²) in [6, 6.07) is 12.5. The fourth-order valence-electron chi connectivity index (χ4n) is 2.73. The van der Waals surface area contributed by atoms with Crippen LogP contribution in [-0.2, 0) is 19.6 Å². The van der Waals surface area contributed by atoms with Gasteiger partial charge in [0.2, 0.25) is 0 Å². The lowest BCUT2D eigenvalue weighted by Crippen LogP contribution is -2.18. The maximum absolute atomic E-state index is 4.54. The summed E-state index contributed by atoms with van der Waals surface area (Å²) in [6.07, 6.45) is 1.98. The van der Waals surface area contributed by atoms with Gasteiger partial charge in [-0.05, 0) is 32.5 Å². The van der Waals surface area contributed by atoms with E-state index in [1.54, 1.807) is 0 Å². The second-order valence-electron chi connectivity index (χ2n) is 6.11. The summed E-state index contributed by atoms with van der Waals surface area (Å²) in [7, 11) is 2.11. The van der Waals surface area contributed by atoms with Crippen molar-refractivity contribution in [3.8, 4) is 0 Å². The molecule has 120 valence electrons. The number of aromatic nitrogens is 4. The largest absolute Gasteiger partial charge is 0.296 e. The molecule has 0 bridgehead atoms. The third-order valence-corrected chi connectivity index (χ3v) is 4.01. The minimum atomic E-state index is 0.814. The highest BCUT2D eigenvalue weighted by atomic mass is 15.3. The molecule has 2 heterocycles. The van der Waals surface area contributed by atoms with E-state index in [1.165, 1.54) is 16.8 Å². The Balaban J connectivity index is 1.64. The van der Waals surface area contributed by atoms with Gasteiger partial charge < -0.3 is 0 Å². The van der Waals surface area contributed by atoms with Crippen LogP contribution in [0.5, 0.6) is 0 Å². The van der Waals surface area contributed by atoms with Crippen LogP contribution < -0.4 is 0 Å². The molecule has 0 aliphatic carbocycles. The average molecular weight is 309 g/mol. The summed E-state index contributed by atoms with van der Waals surface area (Å²) in [5.41, 5.74) is 5.92. The Morgan fingerprint density at radius 2 is 1.91 bits per heavy atom. The molecule has 0 aliphatic heterocycles. The van der Waals surface area contributed by atoms with Gasteiger partial charge in [0, 0.05) is 30.0 Å². The Kier molecular flexibility index (Phi) is 4.57. The van der Waals surface area contributed by atoms with Crippen LogP contribution in [0.4, 0.5) is 0 Å². The van der Waals surface area contributed by atoms with Crippen LogP contribution in [0.1, 0.15) is 28.2 Å². The van der Waals surface area contributed by atoms with E-state index in [0.717, 1.165) is 31.0 Å². The average Bonchev–Trinajstić information content (AvgIpc) is 3.08. The fraction of sp³-hybridized carbons (Fsp3) is 0.333. The highest BCUT2D eigenvalue weighted by molar-refractivity contribution is 5.20. The number of nitrogens with zero attached hydrogens (tertiary/aromatic N) is 4. The normalized spacial score (nSPS) is 11.3. The number of rotatable bonds is 6. The van der Waals surface area contributed by atoms with Gasteiger partial charge in [0.25, 0.3) is 0 Å². The predicted octanol–water partition coefficient (Wildman–Crippen LogP) is 2.90. The van der Waals surface area contributed by atoms with Crippen LogP contribution in [0.3, 0.4) is 0 Å². The van der Waals surface area contributed by atoms with Crippen molar-refractivity contribution < 1.29 is 0 Å². The standard InChI is InChI=1S/C18H23N5/c1-14-9-18(21-20-14)13-22(3)12-17-10-19-23(15(17)2)11-16-7-5-4-6-8-16/h4-10H,11-13H2,1-3H3,(H,20,21). The molecule has 0 radical (unpaired) electrons. The first kappa shape index (κ1) is 15.5. The molecule has 3 rings (SSSR count). The van der Waals surface area contributed by atoms with E-state index in [0.29, 0.717) is 0 Å². The van der Waals surface area contributed by atoms with Gasteiger partial charge in [-0.15, -0.1) is 0 Å². The molecule has 0 spiro atoms. The molecule has 0 saturated carbocycles. The second kappa shape index (κ2) is 6.79. The van der Waals surface area contributed by atoms with Crippen molar-refractivity contribution in [3.05, 3.63) is 70.8 Å². The number of aromatic amines is 1. The summed E-state index contributed by atoms with van der Waals surface area (Å²) in [4.78, 5) is 2.26. The van der Waals surface area contributed by atoms with Crippen molar-refractivity contribution in [2.75, 3.05) is 7.05 Å². The Bertz CT molecular complexity index is 757. The third kappa shape index (κ3) is 3.87. The summed E-state index contributed by atoms with van der Waals surface area (Å²) in [6.45, 7) is 6.67. The van der Waals surface area contributed by atoms with E-state index < -0.39 is 0 Å². The number of H-pyrrole nitrogens is 1. The Morgan fingerprint density at radius 1 is 1.13 bits per heavy atom. The zero-order valence-electron chi connectivity index (χ0n) is 14.0. The van der Waals surface area contributed by atoms with E-state index in [1.807, 2.05) is 19.2 Å². The molecule has 1 aromatic carbocycles. The quantitative estimate of drug-likeness (QED) is 0.761. The Labute approximate surface area is 136 Å². The number of benzene rings is 1. The molecule has 0 saturated heterocycles. The Hall–Kier alpha value is -2.40. The fourth-order valence-corrected chi connectivity index (χ4v) is 2.73. The van der Waals surface area contributed by atoms with Crippen molar-refractivity contribution in [3.63, 3.8) is 0 Å². The van der Waals surface area contributed by atoms with E-state index >= 15 is 0 Å². The Morgan fingerprint density at radius 3 is 2.61 bits per heavy atom. The minimum absolute atomic E-state index is 0.814. The van der Waals surface area contributed by atoms with Crippen LogP contribution in [0.2, 0.25) is 0 Å². The van der Waals surface area contributed by atoms with Crippen LogP contribution in [0, 0.1) is 13.8 Å². The maximum Gasteiger partial charge on any atom is 0.0765 e. The lowest BCUT2D eigenvalue weighted by Gasteiger charge is -2.15. The lowest BCUT2D eigenvalue weighted by atomic mass is 10.2. The highest BCUT2D eigenvalue weighted by Gasteiger charge is 2.10. The van der Waals surface area contributed by atoms with Gasteiger partial charge in [-0.25, -0.2) is 0 Å². The van der Waals surface area contributed by atoms with Crippen LogP contribution in [-0.4, -0.2) is 31.9 Å². The maximum atomic E-state index is 4.54. The van der Waals surface area contributed by atoms with Crippen LogP contribution in [0.15, 0.2) is 42.6 Å². The van der Waals surface area contributed by atoms with E-state index in [2.05, 4.69) is 69.2 Å². The lowest BCUT2D eigenvalue weighted by molar-refractivity contribution is 0.314. The second-order valence-corrected chi connectivity index (χ2v) is 6.11. The zero-order chi connectivity index (χ0) is 16.2. The van der Waals surface area contributed by atoms with Crippen molar-refractivity contribution in [2.45, 2.75) is 33.5 Å². The SMILES string of the molecule is Cc1cc(CN(C)Cc2cnn(Cc3ccccc3)c2C)n[nH]1. The number of aryl methyl sites for hydroxylation is 1. The van der Waals surface area contributed by atoms with Crippen LogP contribution in [0.25, 0.3) is 0 Å². The zero-order valence-corrected chi connectivity index (χ0v) is 14.0. The molecule has 0 atom stereocenters. The molecule has 0 amide bonds. The molecule has 1 N–H and O–H groups in total. The van der Waals surface area contributed by atoms with E-state index in [4.69, 9.17) is 0 Å². The molecular weight excluding hydrogens is 286 g/mol. The number of hydrogen-bond acceptors (Lipinski definition) is 3. The van der Waals surface area contributed by atoms with Gasteiger partial charge in [0.1, 0.15) is 0 Å². The first-order valence-electron chi connectivity index (χ1n) is 7.86. The minimum Gasteiger partial charge on any atom is -0.296 e. The van der Waals surface area contributed by atoms with E-state index in [-0.39, 0.29) is 0 Å². The van der Waals surface area contributed by atoms with Crippen molar-refractivity contribution in [1.82, 2.24) is 24.9 Å². The van der Waals surface area contributed by atoms with Gasteiger partial charge >= 0.3 is 0 Å². The van der Waals surface area contributed by atoms with Crippen molar-refractivity contribution in [2.24, 2.45) is 0 Å². The van der Waals surface area contributed by atoms with Crippen molar-refractivity contribution in [1.29, 1.82) is 0 Å². The summed E-state index contributed by atoms with van der Waals surface area (Å²) in [5, 5.41) is 11.8. The van der Waals surface area contributed by atoms with Crippen molar-refractivity contribution >= 4 is 0 Å². The number of nitrogens with one attached hydrogen (secondary N) is 1. The predicted molar refractivity (Wildman–Crippen MR) is 91.0 cm³/mol. The number of hydrogen-bond donors (Lipinski definition) is 1. The first-order valence-corrected chi connectivity index (χ1v) is 7.86. The third-order valence-electron chi connectivity index (χ3n) is 4.01. The molecule has 0 unspecified atom stereocenters. The monoisotopic (exact) mass is 309 g/mol. The molecule has 0 fully saturated rings. The molecule has 2 aromatic heterocycles. The topological polar surface area (TPSA) is 49.7 Å². The molecule has 5 heteroatoms. The first-order chi connectivity index (χ1) is 11.1. The molecule has 0 aliphatic rings. The van der Waals surface area contributed by atoms with E-state index in [9.17, 15) is 0 Å². The van der Waals surface area contributed by atoms with Gasteiger partial charge in [0.05, 0.1) is 18.4 Å². The smallest absolute Gasteiger partial charge is 0.0765 e. The molecular formula is C18H23N5.